The van der Waals surface area contributed by atoms with Gasteiger partial charge in [-0.25, -0.2) is 4.79 Å². The van der Waals surface area contributed by atoms with Crippen LogP contribution >= 0.6 is 15.9 Å². The van der Waals surface area contributed by atoms with E-state index in [1.807, 2.05) is 12.1 Å². The Balaban J connectivity index is 1.93. The first-order valence-electron chi connectivity index (χ1n) is 6.80. The highest BCUT2D eigenvalue weighted by Crippen LogP contribution is 2.20. The van der Waals surface area contributed by atoms with E-state index < -0.39 is 5.97 Å². The standard InChI is InChI=1S/C17H18BrNO2/c1-19(10-9-13-5-3-2-4-6-13)12-15-8-7-14(17(20)21)11-16(15)18/h2-8,11H,9-10,12H2,1H3,(H,20,21). The molecule has 110 valence electrons. The molecule has 0 spiro atoms. The van der Waals surface area contributed by atoms with Crippen LogP contribution in [0.25, 0.3) is 0 Å². The molecule has 0 radical (unpaired) electrons. The lowest BCUT2D eigenvalue weighted by Gasteiger charge is -2.17. The van der Waals surface area contributed by atoms with Gasteiger partial charge in [0.1, 0.15) is 0 Å². The predicted molar refractivity (Wildman–Crippen MR) is 87.6 cm³/mol. The number of likely N-dealkylation sites (N-methyl/N-ethyl adjacent to an activating group) is 1. The third-order valence-electron chi connectivity index (χ3n) is 3.37. The molecule has 0 fully saturated rings. The summed E-state index contributed by atoms with van der Waals surface area (Å²) in [5.74, 6) is -0.903. The average Bonchev–Trinajstić information content (AvgIpc) is 2.48. The van der Waals surface area contributed by atoms with E-state index >= 15 is 0 Å². The number of halogens is 1. The highest BCUT2D eigenvalue weighted by atomic mass is 79.9. The summed E-state index contributed by atoms with van der Waals surface area (Å²) in [4.78, 5) is 13.1. The Bertz CT molecular complexity index is 613. The van der Waals surface area contributed by atoms with Gasteiger partial charge in [0.05, 0.1) is 5.56 Å². The molecule has 0 saturated carbocycles. The molecule has 0 amide bonds. The molecular weight excluding hydrogens is 330 g/mol. The van der Waals surface area contributed by atoms with E-state index in [-0.39, 0.29) is 0 Å². The highest BCUT2D eigenvalue weighted by Gasteiger charge is 2.08. The van der Waals surface area contributed by atoms with Crippen molar-refractivity contribution >= 4 is 21.9 Å². The fourth-order valence-corrected chi connectivity index (χ4v) is 2.65. The molecule has 0 aliphatic rings. The van der Waals surface area contributed by atoms with Crippen LogP contribution in [0.5, 0.6) is 0 Å². The summed E-state index contributed by atoms with van der Waals surface area (Å²) in [5, 5.41) is 8.96. The molecule has 21 heavy (non-hydrogen) atoms. The number of hydrogen-bond acceptors (Lipinski definition) is 2. The summed E-state index contributed by atoms with van der Waals surface area (Å²) in [6.45, 7) is 1.74. The van der Waals surface area contributed by atoms with Crippen molar-refractivity contribution in [3.8, 4) is 0 Å². The Morgan fingerprint density at radius 2 is 1.90 bits per heavy atom. The van der Waals surface area contributed by atoms with Gasteiger partial charge in [-0.1, -0.05) is 52.3 Å². The SMILES string of the molecule is CN(CCc1ccccc1)Cc1ccc(C(=O)O)cc1Br. The Morgan fingerprint density at radius 3 is 2.52 bits per heavy atom. The van der Waals surface area contributed by atoms with E-state index in [2.05, 4.69) is 52.1 Å². The van der Waals surface area contributed by atoms with Gasteiger partial charge in [0.2, 0.25) is 0 Å². The van der Waals surface area contributed by atoms with Crippen LogP contribution in [0.3, 0.4) is 0 Å². The molecule has 4 heteroatoms. The largest absolute Gasteiger partial charge is 0.478 e. The van der Waals surface area contributed by atoms with Crippen LogP contribution in [0.2, 0.25) is 0 Å². The maximum absolute atomic E-state index is 10.9. The van der Waals surface area contributed by atoms with E-state index in [0.717, 1.165) is 29.5 Å². The van der Waals surface area contributed by atoms with Gasteiger partial charge in [-0.2, -0.15) is 0 Å². The zero-order valence-corrected chi connectivity index (χ0v) is 13.5. The number of nitrogens with zero attached hydrogens (tertiary/aromatic N) is 1. The van der Waals surface area contributed by atoms with Gasteiger partial charge in [0.15, 0.2) is 0 Å². The predicted octanol–water partition coefficient (Wildman–Crippen LogP) is 3.82. The molecule has 0 heterocycles. The Kier molecular flexibility index (Phi) is 5.53. The van der Waals surface area contributed by atoms with Crippen LogP contribution in [0.4, 0.5) is 0 Å². The van der Waals surface area contributed by atoms with Gasteiger partial charge >= 0.3 is 5.97 Å². The molecule has 1 N–H and O–H groups in total. The molecule has 2 aromatic carbocycles. The van der Waals surface area contributed by atoms with Gasteiger partial charge in [-0.15, -0.1) is 0 Å². The number of rotatable bonds is 6. The number of hydrogen-bond donors (Lipinski definition) is 1. The highest BCUT2D eigenvalue weighted by molar-refractivity contribution is 9.10. The molecule has 2 aromatic rings. The number of aromatic carboxylic acids is 1. The fourth-order valence-electron chi connectivity index (χ4n) is 2.14. The van der Waals surface area contributed by atoms with Gasteiger partial charge in [-0.3, -0.25) is 0 Å². The zero-order valence-electron chi connectivity index (χ0n) is 11.9. The summed E-state index contributed by atoms with van der Waals surface area (Å²) in [6.07, 6.45) is 1.00. The van der Waals surface area contributed by atoms with Crippen LogP contribution in [0.1, 0.15) is 21.5 Å². The Labute approximate surface area is 133 Å². The third kappa shape index (κ3) is 4.69. The average molecular weight is 348 g/mol. The first-order chi connectivity index (χ1) is 10.1. The second-order valence-electron chi connectivity index (χ2n) is 5.08. The van der Waals surface area contributed by atoms with E-state index in [1.54, 1.807) is 12.1 Å². The Morgan fingerprint density at radius 1 is 1.19 bits per heavy atom. The van der Waals surface area contributed by atoms with Crippen molar-refractivity contribution in [1.29, 1.82) is 0 Å². The maximum Gasteiger partial charge on any atom is 0.335 e. The number of carboxylic acid groups (broad SMARTS) is 1. The van der Waals surface area contributed by atoms with E-state index in [4.69, 9.17) is 5.11 Å². The van der Waals surface area contributed by atoms with Crippen LogP contribution < -0.4 is 0 Å². The summed E-state index contributed by atoms with van der Waals surface area (Å²) in [7, 11) is 2.07. The third-order valence-corrected chi connectivity index (χ3v) is 4.10. The fraction of sp³-hybridized carbons (Fsp3) is 0.235. The van der Waals surface area contributed by atoms with Crippen molar-refractivity contribution in [3.05, 3.63) is 69.7 Å². The van der Waals surface area contributed by atoms with Crippen molar-refractivity contribution in [3.63, 3.8) is 0 Å². The molecule has 0 bridgehead atoms. The van der Waals surface area contributed by atoms with Crippen molar-refractivity contribution in [2.75, 3.05) is 13.6 Å². The molecule has 0 atom stereocenters. The lowest BCUT2D eigenvalue weighted by Crippen LogP contribution is -2.21. The van der Waals surface area contributed by atoms with Crippen molar-refractivity contribution in [2.45, 2.75) is 13.0 Å². The topological polar surface area (TPSA) is 40.5 Å². The summed E-state index contributed by atoms with van der Waals surface area (Å²) >= 11 is 3.45. The Hall–Kier alpha value is -1.65. The molecule has 0 saturated heterocycles. The van der Waals surface area contributed by atoms with Gasteiger partial charge in [0.25, 0.3) is 0 Å². The molecule has 0 aliphatic carbocycles. The second kappa shape index (κ2) is 7.38. The van der Waals surface area contributed by atoms with Gasteiger partial charge in [-0.05, 0) is 36.7 Å². The monoisotopic (exact) mass is 347 g/mol. The molecular formula is C17H18BrNO2. The minimum absolute atomic E-state index is 0.303. The summed E-state index contributed by atoms with van der Waals surface area (Å²) in [5.41, 5.74) is 2.72. The number of benzene rings is 2. The van der Waals surface area contributed by atoms with Crippen LogP contribution in [0.15, 0.2) is 53.0 Å². The minimum Gasteiger partial charge on any atom is -0.478 e. The van der Waals surface area contributed by atoms with Crippen LogP contribution in [0, 0.1) is 0 Å². The lowest BCUT2D eigenvalue weighted by molar-refractivity contribution is 0.0697. The second-order valence-corrected chi connectivity index (χ2v) is 5.94. The smallest absolute Gasteiger partial charge is 0.335 e. The van der Waals surface area contributed by atoms with Crippen LogP contribution in [-0.2, 0) is 13.0 Å². The first-order valence-corrected chi connectivity index (χ1v) is 7.60. The van der Waals surface area contributed by atoms with Gasteiger partial charge < -0.3 is 10.0 Å². The molecule has 0 unspecified atom stereocenters. The zero-order chi connectivity index (χ0) is 15.2. The van der Waals surface area contributed by atoms with Crippen LogP contribution in [-0.4, -0.2) is 29.6 Å². The number of carboxylic acids is 1. The van der Waals surface area contributed by atoms with Crippen molar-refractivity contribution < 1.29 is 9.90 Å². The van der Waals surface area contributed by atoms with E-state index in [1.165, 1.54) is 5.56 Å². The number of carbonyl (C=O) groups is 1. The lowest BCUT2D eigenvalue weighted by atomic mass is 10.1. The molecule has 0 aromatic heterocycles. The van der Waals surface area contributed by atoms with Crippen molar-refractivity contribution in [2.24, 2.45) is 0 Å². The normalized spacial score (nSPS) is 10.8. The molecule has 0 aliphatic heterocycles. The first kappa shape index (κ1) is 15.7. The van der Waals surface area contributed by atoms with Gasteiger partial charge in [0, 0.05) is 17.6 Å². The van der Waals surface area contributed by atoms with E-state index in [0.29, 0.717) is 5.56 Å². The maximum atomic E-state index is 10.9. The quantitative estimate of drug-likeness (QED) is 0.863. The summed E-state index contributed by atoms with van der Waals surface area (Å²) in [6, 6.07) is 15.6. The molecule has 3 nitrogen and oxygen atoms in total. The molecule has 2 rings (SSSR count). The van der Waals surface area contributed by atoms with E-state index in [9.17, 15) is 4.79 Å². The van der Waals surface area contributed by atoms with Crippen molar-refractivity contribution in [1.82, 2.24) is 4.90 Å². The minimum atomic E-state index is -0.903. The summed E-state index contributed by atoms with van der Waals surface area (Å²) < 4.78 is 0.842.